The van der Waals surface area contributed by atoms with Crippen molar-refractivity contribution >= 4 is 71.1 Å². The van der Waals surface area contributed by atoms with E-state index in [9.17, 15) is 73.2 Å². The summed E-state index contributed by atoms with van der Waals surface area (Å²) >= 11 is 0. The summed E-state index contributed by atoms with van der Waals surface area (Å²) in [6, 6.07) is 0.589. The highest BCUT2D eigenvalue weighted by molar-refractivity contribution is 5.99. The lowest BCUT2D eigenvalue weighted by molar-refractivity contribution is -0.144. The molecule has 0 heterocycles. The summed E-state index contributed by atoms with van der Waals surface area (Å²) in [5.41, 5.74) is 23.8. The van der Waals surface area contributed by atoms with Crippen molar-refractivity contribution in [1.29, 1.82) is 0 Å². The first-order valence-electron chi connectivity index (χ1n) is 27.9. The fourth-order valence-corrected chi connectivity index (χ4v) is 8.59. The number of unbranched alkanes of at least 4 members (excludes halogenated alkanes) is 1. The van der Waals surface area contributed by atoms with Crippen molar-refractivity contribution < 1.29 is 73.2 Å². The molecule has 8 amide bonds. The predicted molar refractivity (Wildman–Crippen MR) is 309 cm³/mol. The van der Waals surface area contributed by atoms with Crippen LogP contribution in [0.25, 0.3) is 0 Å². The third-order valence-electron chi connectivity index (χ3n) is 13.0. The number of carbonyl (C=O) groups excluding carboxylic acids is 8. The van der Waals surface area contributed by atoms with Crippen LogP contribution in [0.2, 0.25) is 0 Å². The third kappa shape index (κ3) is 27.6. The predicted octanol–water partition coefficient (Wildman–Crippen LogP) is -1.26. The van der Waals surface area contributed by atoms with Gasteiger partial charge in [-0.3, -0.25) is 52.9 Å². The number of rotatable bonds is 39. The Kier molecular flexibility index (Phi) is 31.5. The topological polar surface area (TPSA) is 481 Å². The Morgan fingerprint density at radius 1 is 0.488 bits per heavy atom. The van der Waals surface area contributed by atoms with Crippen LogP contribution in [0.4, 0.5) is 0 Å². The van der Waals surface area contributed by atoms with E-state index in [-0.39, 0.29) is 75.2 Å². The van der Waals surface area contributed by atoms with Gasteiger partial charge in [-0.05, 0) is 98.9 Å². The number of nitrogens with two attached hydrogens (primary N) is 4. The first-order chi connectivity index (χ1) is 39.5. The van der Waals surface area contributed by atoms with Gasteiger partial charge >= 0.3 is 17.9 Å². The maximum absolute atomic E-state index is 14.7. The number of carboxylic acids is 3. The molecule has 2 aromatic rings. The van der Waals surface area contributed by atoms with E-state index in [0.717, 1.165) is 0 Å². The van der Waals surface area contributed by atoms with Crippen LogP contribution >= 0.6 is 0 Å². The Bertz CT molecular complexity index is 2550. The van der Waals surface area contributed by atoms with E-state index < -0.39 is 145 Å². The zero-order chi connectivity index (χ0) is 63.2. The summed E-state index contributed by atoms with van der Waals surface area (Å²) in [7, 11) is 0. The van der Waals surface area contributed by atoms with Gasteiger partial charge in [-0.25, -0.2) is 4.79 Å². The van der Waals surface area contributed by atoms with Gasteiger partial charge in [-0.15, -0.1) is 0 Å². The molecule has 0 aromatic heterocycles. The number of benzene rings is 2. The molecule has 9 atom stereocenters. The molecule has 28 heteroatoms. The number of nitrogens with one attached hydrogen (secondary N) is 8. The number of carbonyl (C=O) groups is 11. The number of aliphatic carboxylic acids is 3. The van der Waals surface area contributed by atoms with Gasteiger partial charge in [0, 0.05) is 25.8 Å². The number of hydrogen-bond acceptors (Lipinski definition) is 15. The van der Waals surface area contributed by atoms with Gasteiger partial charge in [-0.1, -0.05) is 84.0 Å². The zero-order valence-corrected chi connectivity index (χ0v) is 48.6. The van der Waals surface area contributed by atoms with Crippen molar-refractivity contribution in [2.45, 2.75) is 173 Å². The number of carboxylic acid groups (broad SMARTS) is 3. The van der Waals surface area contributed by atoms with Crippen molar-refractivity contribution in [1.82, 2.24) is 42.5 Å². The lowest BCUT2D eigenvalue weighted by atomic mass is 10.00. The van der Waals surface area contributed by atoms with Crippen LogP contribution in [0.1, 0.15) is 117 Å². The maximum Gasteiger partial charge on any atom is 0.326 e. The van der Waals surface area contributed by atoms with Gasteiger partial charge in [0.15, 0.2) is 5.96 Å². The van der Waals surface area contributed by atoms with Gasteiger partial charge in [0.05, 0.1) is 12.5 Å². The minimum absolute atomic E-state index is 0.0422. The van der Waals surface area contributed by atoms with Gasteiger partial charge in [-0.2, -0.15) is 0 Å². The fourth-order valence-electron chi connectivity index (χ4n) is 8.59. The normalized spacial score (nSPS) is 14.4. The van der Waals surface area contributed by atoms with E-state index in [1.54, 1.807) is 44.2 Å². The second-order valence-corrected chi connectivity index (χ2v) is 21.7. The van der Waals surface area contributed by atoms with E-state index in [1.807, 2.05) is 13.8 Å². The highest BCUT2D eigenvalue weighted by Gasteiger charge is 2.36. The summed E-state index contributed by atoms with van der Waals surface area (Å²) < 4.78 is 0. The minimum Gasteiger partial charge on any atom is -0.508 e. The molecule has 0 saturated carbocycles. The summed E-state index contributed by atoms with van der Waals surface area (Å²) in [5.74, 6) is -13.1. The molecule has 0 spiro atoms. The van der Waals surface area contributed by atoms with Crippen LogP contribution in [0.5, 0.6) is 5.75 Å². The van der Waals surface area contributed by atoms with Crippen LogP contribution in [0.3, 0.4) is 0 Å². The number of phenols is 1. The molecule has 2 rings (SSSR count). The van der Waals surface area contributed by atoms with Crippen LogP contribution in [-0.4, -0.2) is 159 Å². The second kappa shape index (κ2) is 36.9. The quantitative estimate of drug-likeness (QED) is 0.0211. The largest absolute Gasteiger partial charge is 0.508 e. The van der Waals surface area contributed by atoms with Crippen molar-refractivity contribution in [3.05, 3.63) is 65.7 Å². The lowest BCUT2D eigenvalue weighted by Crippen LogP contribution is -2.61. The Balaban J connectivity index is 2.64. The number of aliphatic imine (C=N–C) groups is 1. The number of amides is 8. The number of guanidine groups is 1. The highest BCUT2D eigenvalue weighted by atomic mass is 16.4. The summed E-state index contributed by atoms with van der Waals surface area (Å²) in [5, 5.41) is 59.4. The molecule has 0 saturated heterocycles. The molecule has 0 unspecified atom stereocenters. The molecule has 0 aliphatic heterocycles. The van der Waals surface area contributed by atoms with E-state index in [0.29, 0.717) is 30.4 Å². The van der Waals surface area contributed by atoms with Crippen LogP contribution in [-0.2, 0) is 65.6 Å². The first kappa shape index (κ1) is 71.7. The average Bonchev–Trinajstić information content (AvgIpc) is 3.49. The van der Waals surface area contributed by atoms with Crippen molar-refractivity contribution in [3.8, 4) is 5.75 Å². The summed E-state index contributed by atoms with van der Waals surface area (Å²) in [6.45, 7) is 10.4. The van der Waals surface area contributed by atoms with Crippen molar-refractivity contribution in [3.63, 3.8) is 0 Å². The van der Waals surface area contributed by atoms with Crippen molar-refractivity contribution in [2.75, 3.05) is 13.1 Å². The number of phenolic OH excluding ortho intramolecular Hbond substituents is 1. The second-order valence-electron chi connectivity index (χ2n) is 21.7. The Labute approximate surface area is 488 Å². The third-order valence-corrected chi connectivity index (χ3v) is 13.0. The van der Waals surface area contributed by atoms with Gasteiger partial charge in [0.1, 0.15) is 54.1 Å². The molecule has 28 nitrogen and oxygen atoms in total. The van der Waals surface area contributed by atoms with E-state index in [4.69, 9.17) is 22.9 Å². The molecule has 0 bridgehead atoms. The molecule has 20 N–H and O–H groups in total. The van der Waals surface area contributed by atoms with Crippen LogP contribution < -0.4 is 65.5 Å². The molecular weight excluding hydrogens is 1090 g/mol. The van der Waals surface area contributed by atoms with Gasteiger partial charge < -0.3 is 85.9 Å². The number of hydrogen-bond donors (Lipinski definition) is 16. The summed E-state index contributed by atoms with van der Waals surface area (Å²) in [4.78, 5) is 152. The van der Waals surface area contributed by atoms with Crippen LogP contribution in [0.15, 0.2) is 59.6 Å². The molecule has 0 aliphatic rings. The smallest absolute Gasteiger partial charge is 0.326 e. The van der Waals surface area contributed by atoms with E-state index in [2.05, 4.69) is 47.5 Å². The standard InChI is InChI=1S/C56H87N13O15/c1-30(2)25-36(58)47(75)62-37(15-10-11-23-57)48(76)64-39(21-22-44(71)72)50(78)65-40(26-31(3)4)51(79)63-38(16-12-24-61-56(59)60)49(77)66-42(28-34-17-19-35(70)20-18-34)52(80)67-41(27-33-13-8-7-9-14-33)53(81)68-43(29-45(73)74)54(82)69-46(32(5)6)55(83)84/h7-9,13-14,17-20,30-32,36-43,46,70H,10-12,15-16,21-29,57-58H2,1-6H3,(H,62,75)(H,63,79)(H,64,76)(H,65,78)(H,66,77)(H,67,80)(H,68,81)(H,69,82)(H,71,72)(H,73,74)(H,83,84)(H4,59,60,61)/t36-,37-,38-,39-,40-,41-,42-,43-,46-/m0/s1. The average molecular weight is 1180 g/mol. The number of aromatic hydroxyl groups is 1. The Hall–Kier alpha value is -8.40. The molecule has 0 aliphatic carbocycles. The molecule has 466 valence electrons. The SMILES string of the molecule is CC(C)C[C@H](NC(=O)[C@H](CCC(=O)O)NC(=O)[C@H](CCCCN)NC(=O)[C@@H](N)CC(C)C)C(=O)N[C@@H](CCCN=C(N)N)C(=O)N[C@@H](Cc1ccc(O)cc1)C(=O)N[C@@H](Cc1ccccc1)C(=O)N[C@@H](CC(=O)O)C(=O)N[C@H](C(=O)O)C(C)C. The van der Waals surface area contributed by atoms with Gasteiger partial charge in [0.2, 0.25) is 47.3 Å². The first-order valence-corrected chi connectivity index (χ1v) is 27.9. The van der Waals surface area contributed by atoms with E-state index >= 15 is 0 Å². The van der Waals surface area contributed by atoms with Crippen LogP contribution in [0, 0.1) is 17.8 Å². The fraction of sp³-hybridized carbons (Fsp3) is 0.571. The molecule has 84 heavy (non-hydrogen) atoms. The maximum atomic E-state index is 14.7. The summed E-state index contributed by atoms with van der Waals surface area (Å²) in [6.07, 6.45) is -1.52. The number of nitrogens with zero attached hydrogens (tertiary/aromatic N) is 1. The Morgan fingerprint density at radius 2 is 0.917 bits per heavy atom. The minimum atomic E-state index is -1.83. The highest BCUT2D eigenvalue weighted by Crippen LogP contribution is 2.15. The van der Waals surface area contributed by atoms with E-state index in [1.165, 1.54) is 38.1 Å². The van der Waals surface area contributed by atoms with Gasteiger partial charge in [0.25, 0.3) is 0 Å². The molecular formula is C56H87N13O15. The lowest BCUT2D eigenvalue weighted by Gasteiger charge is -2.29. The molecule has 2 aromatic carbocycles. The monoisotopic (exact) mass is 1180 g/mol. The molecule has 0 radical (unpaired) electrons. The Morgan fingerprint density at radius 3 is 1.38 bits per heavy atom. The zero-order valence-electron chi connectivity index (χ0n) is 48.6. The molecule has 0 fully saturated rings. The van der Waals surface area contributed by atoms with Crippen molar-refractivity contribution in [2.24, 2.45) is 45.7 Å².